The minimum absolute atomic E-state index is 0.817. The molecule has 1 fully saturated rings. The normalized spacial score (nSPS) is 15.6. The lowest BCUT2D eigenvalue weighted by Crippen LogP contribution is -2.17. The van der Waals surface area contributed by atoms with Gasteiger partial charge in [0, 0.05) is 29.9 Å². The molecule has 3 rings (SSSR count). The first kappa shape index (κ1) is 11.8. The maximum absolute atomic E-state index is 6.36. The highest BCUT2D eigenvalue weighted by atomic mass is 35.5. The van der Waals surface area contributed by atoms with Crippen molar-refractivity contribution in [1.29, 1.82) is 0 Å². The molecule has 18 heavy (non-hydrogen) atoms. The molecule has 1 aromatic carbocycles. The SMILES string of the molecule is CCc1cc(Cl)c2cc(N3CCCC3)ccc2n1. The highest BCUT2D eigenvalue weighted by Crippen LogP contribution is 2.29. The van der Waals surface area contributed by atoms with Crippen molar-refractivity contribution in [2.45, 2.75) is 26.2 Å². The maximum Gasteiger partial charge on any atom is 0.0721 e. The average molecular weight is 261 g/mol. The van der Waals surface area contributed by atoms with Crippen molar-refractivity contribution in [1.82, 2.24) is 4.98 Å². The van der Waals surface area contributed by atoms with Crippen LogP contribution in [0.1, 0.15) is 25.5 Å². The van der Waals surface area contributed by atoms with Crippen LogP contribution < -0.4 is 4.90 Å². The van der Waals surface area contributed by atoms with Gasteiger partial charge < -0.3 is 4.90 Å². The van der Waals surface area contributed by atoms with Gasteiger partial charge in [-0.1, -0.05) is 18.5 Å². The van der Waals surface area contributed by atoms with E-state index in [1.807, 2.05) is 6.07 Å². The van der Waals surface area contributed by atoms with Gasteiger partial charge in [0.2, 0.25) is 0 Å². The lowest BCUT2D eigenvalue weighted by molar-refractivity contribution is 0.949. The van der Waals surface area contributed by atoms with Crippen molar-refractivity contribution in [3.05, 3.63) is 35.0 Å². The molecule has 1 aliphatic rings. The van der Waals surface area contributed by atoms with Crippen LogP contribution in [0, 0.1) is 0 Å². The third kappa shape index (κ3) is 2.05. The number of fused-ring (bicyclic) bond motifs is 1. The van der Waals surface area contributed by atoms with Crippen LogP contribution in [0.4, 0.5) is 5.69 Å². The number of halogens is 1. The van der Waals surface area contributed by atoms with Crippen molar-refractivity contribution in [2.75, 3.05) is 18.0 Å². The van der Waals surface area contributed by atoms with Crippen LogP contribution in [-0.4, -0.2) is 18.1 Å². The van der Waals surface area contributed by atoms with Crippen molar-refractivity contribution < 1.29 is 0 Å². The molecule has 0 saturated carbocycles. The molecule has 94 valence electrons. The van der Waals surface area contributed by atoms with Crippen molar-refractivity contribution in [3.63, 3.8) is 0 Å². The van der Waals surface area contributed by atoms with E-state index in [4.69, 9.17) is 11.6 Å². The van der Waals surface area contributed by atoms with Gasteiger partial charge in [-0.05, 0) is 43.5 Å². The van der Waals surface area contributed by atoms with Gasteiger partial charge in [0.1, 0.15) is 0 Å². The van der Waals surface area contributed by atoms with Gasteiger partial charge in [-0.2, -0.15) is 0 Å². The van der Waals surface area contributed by atoms with E-state index in [0.717, 1.165) is 41.1 Å². The Hall–Kier alpha value is -1.28. The molecule has 1 saturated heterocycles. The molecule has 0 spiro atoms. The van der Waals surface area contributed by atoms with Gasteiger partial charge in [-0.3, -0.25) is 4.98 Å². The number of anilines is 1. The molecular weight excluding hydrogens is 244 g/mol. The van der Waals surface area contributed by atoms with Gasteiger partial charge in [0.25, 0.3) is 0 Å². The van der Waals surface area contributed by atoms with E-state index >= 15 is 0 Å². The molecule has 0 N–H and O–H groups in total. The fourth-order valence-corrected chi connectivity index (χ4v) is 2.85. The van der Waals surface area contributed by atoms with E-state index < -0.39 is 0 Å². The first-order chi connectivity index (χ1) is 8.78. The summed E-state index contributed by atoms with van der Waals surface area (Å²) in [5.41, 5.74) is 3.33. The predicted octanol–water partition coefficient (Wildman–Crippen LogP) is 4.05. The smallest absolute Gasteiger partial charge is 0.0721 e. The summed E-state index contributed by atoms with van der Waals surface area (Å²) in [5, 5.41) is 1.89. The second kappa shape index (κ2) is 4.77. The lowest BCUT2D eigenvalue weighted by atomic mass is 10.1. The zero-order chi connectivity index (χ0) is 12.5. The molecule has 2 nitrogen and oxygen atoms in total. The number of benzene rings is 1. The van der Waals surface area contributed by atoms with E-state index in [9.17, 15) is 0 Å². The molecule has 0 unspecified atom stereocenters. The van der Waals surface area contributed by atoms with Crippen LogP contribution >= 0.6 is 11.6 Å². The lowest BCUT2D eigenvalue weighted by Gasteiger charge is -2.18. The van der Waals surface area contributed by atoms with E-state index in [0.29, 0.717) is 0 Å². The Morgan fingerprint density at radius 1 is 1.22 bits per heavy atom. The first-order valence-electron chi connectivity index (χ1n) is 6.62. The van der Waals surface area contributed by atoms with E-state index in [1.165, 1.54) is 18.5 Å². The number of hydrogen-bond acceptors (Lipinski definition) is 2. The van der Waals surface area contributed by atoms with E-state index in [2.05, 4.69) is 35.0 Å². The summed E-state index contributed by atoms with van der Waals surface area (Å²) < 4.78 is 0. The molecule has 0 bridgehead atoms. The van der Waals surface area contributed by atoms with E-state index in [-0.39, 0.29) is 0 Å². The molecule has 0 atom stereocenters. The summed E-state index contributed by atoms with van der Waals surface area (Å²) in [6, 6.07) is 8.41. The minimum Gasteiger partial charge on any atom is -0.372 e. The van der Waals surface area contributed by atoms with Crippen molar-refractivity contribution >= 4 is 28.2 Å². The molecule has 3 heteroatoms. The molecule has 0 aliphatic carbocycles. The second-order valence-electron chi connectivity index (χ2n) is 4.84. The Balaban J connectivity index is 2.08. The Labute approximate surface area is 113 Å². The number of rotatable bonds is 2. The van der Waals surface area contributed by atoms with E-state index in [1.54, 1.807) is 0 Å². The van der Waals surface area contributed by atoms with Gasteiger partial charge in [-0.15, -0.1) is 0 Å². The molecule has 1 aliphatic heterocycles. The Morgan fingerprint density at radius 2 is 2.00 bits per heavy atom. The van der Waals surface area contributed by atoms with Crippen LogP contribution in [0.3, 0.4) is 0 Å². The summed E-state index contributed by atoms with van der Waals surface area (Å²) in [5.74, 6) is 0. The van der Waals surface area contributed by atoms with Crippen LogP contribution in [0.2, 0.25) is 5.02 Å². The van der Waals surface area contributed by atoms with Gasteiger partial charge in [0.05, 0.1) is 10.5 Å². The molecule has 0 amide bonds. The summed E-state index contributed by atoms with van der Waals surface area (Å²) >= 11 is 6.36. The zero-order valence-corrected chi connectivity index (χ0v) is 11.4. The topological polar surface area (TPSA) is 16.1 Å². The quantitative estimate of drug-likeness (QED) is 0.810. The molecule has 1 aromatic heterocycles. The van der Waals surface area contributed by atoms with Crippen molar-refractivity contribution in [3.8, 4) is 0 Å². The third-order valence-electron chi connectivity index (χ3n) is 3.63. The summed E-state index contributed by atoms with van der Waals surface area (Å²) in [7, 11) is 0. The largest absolute Gasteiger partial charge is 0.372 e. The van der Waals surface area contributed by atoms with Gasteiger partial charge >= 0.3 is 0 Å². The highest BCUT2D eigenvalue weighted by molar-refractivity contribution is 6.35. The van der Waals surface area contributed by atoms with Crippen LogP contribution in [-0.2, 0) is 6.42 Å². The fourth-order valence-electron chi connectivity index (χ4n) is 2.58. The highest BCUT2D eigenvalue weighted by Gasteiger charge is 2.13. The monoisotopic (exact) mass is 260 g/mol. The number of nitrogens with zero attached hydrogens (tertiary/aromatic N) is 2. The number of aryl methyl sites for hydroxylation is 1. The number of hydrogen-bond donors (Lipinski definition) is 0. The van der Waals surface area contributed by atoms with Gasteiger partial charge in [-0.25, -0.2) is 0 Å². The number of aromatic nitrogens is 1. The minimum atomic E-state index is 0.817. The zero-order valence-electron chi connectivity index (χ0n) is 10.6. The number of pyridine rings is 1. The van der Waals surface area contributed by atoms with Crippen LogP contribution in [0.5, 0.6) is 0 Å². The van der Waals surface area contributed by atoms with Crippen LogP contribution in [0.15, 0.2) is 24.3 Å². The standard InChI is InChI=1S/C15H17ClN2/c1-2-11-9-14(16)13-10-12(5-6-15(13)17-11)18-7-3-4-8-18/h5-6,9-10H,2-4,7-8H2,1H3. The fraction of sp³-hybridized carbons (Fsp3) is 0.400. The predicted molar refractivity (Wildman–Crippen MR) is 77.6 cm³/mol. The molecular formula is C15H17ClN2. The van der Waals surface area contributed by atoms with Gasteiger partial charge in [0.15, 0.2) is 0 Å². The second-order valence-corrected chi connectivity index (χ2v) is 5.25. The molecule has 0 radical (unpaired) electrons. The van der Waals surface area contributed by atoms with Crippen molar-refractivity contribution in [2.24, 2.45) is 0 Å². The summed E-state index contributed by atoms with van der Waals surface area (Å²) in [6.45, 7) is 4.41. The average Bonchev–Trinajstić information content (AvgIpc) is 2.92. The molecule has 2 aromatic rings. The maximum atomic E-state index is 6.36. The molecule has 2 heterocycles. The Kier molecular flexibility index (Phi) is 3.13. The van der Waals surface area contributed by atoms with Crippen LogP contribution in [0.25, 0.3) is 10.9 Å². The summed E-state index contributed by atoms with van der Waals surface area (Å²) in [4.78, 5) is 7.04. The first-order valence-corrected chi connectivity index (χ1v) is 7.00. The Morgan fingerprint density at radius 3 is 2.72 bits per heavy atom. The third-order valence-corrected chi connectivity index (χ3v) is 3.94. The summed E-state index contributed by atoms with van der Waals surface area (Å²) in [6.07, 6.45) is 3.50. The Bertz CT molecular complexity index is 574.